The Hall–Kier alpha value is -3.30. The molecule has 0 aliphatic heterocycles. The van der Waals surface area contributed by atoms with E-state index in [1.165, 1.54) is 11.3 Å². The van der Waals surface area contributed by atoms with Crippen LogP contribution >= 0.6 is 22.7 Å². The van der Waals surface area contributed by atoms with Gasteiger partial charge in [0.1, 0.15) is 10.7 Å². The summed E-state index contributed by atoms with van der Waals surface area (Å²) in [6.45, 7) is 0. The summed E-state index contributed by atoms with van der Waals surface area (Å²) in [5.74, 6) is -0.710. The van der Waals surface area contributed by atoms with Crippen molar-refractivity contribution >= 4 is 40.2 Å². The molecule has 0 saturated heterocycles. The van der Waals surface area contributed by atoms with Crippen LogP contribution in [0.15, 0.2) is 59.4 Å². The highest BCUT2D eigenvalue weighted by atomic mass is 32.1. The Bertz CT molecular complexity index is 1110. The van der Waals surface area contributed by atoms with Gasteiger partial charge in [0.15, 0.2) is 0 Å². The van der Waals surface area contributed by atoms with Gasteiger partial charge in [0.05, 0.1) is 22.7 Å². The summed E-state index contributed by atoms with van der Waals surface area (Å²) in [6, 6.07) is 12.7. The topological polar surface area (TPSA) is 103 Å². The number of rotatable bonds is 6. The highest BCUT2D eigenvalue weighted by molar-refractivity contribution is 7.20. The van der Waals surface area contributed by atoms with Crippen molar-refractivity contribution < 1.29 is 9.59 Å². The largest absolute Gasteiger partial charge is 0.364 e. The Morgan fingerprint density at radius 2 is 1.93 bits per heavy atom. The fraction of sp³-hybridized carbons (Fsp3) is 0.0526. The number of nitrogens with two attached hydrogens (primary N) is 1. The van der Waals surface area contributed by atoms with Gasteiger partial charge in [-0.15, -0.1) is 22.7 Å². The van der Waals surface area contributed by atoms with Gasteiger partial charge in [0, 0.05) is 17.3 Å². The minimum atomic E-state index is -0.577. The van der Waals surface area contributed by atoms with Gasteiger partial charge >= 0.3 is 0 Å². The maximum Gasteiger partial charge on any atom is 0.269 e. The first kappa shape index (κ1) is 18.1. The Morgan fingerprint density at radius 1 is 1.11 bits per heavy atom. The summed E-state index contributed by atoms with van der Waals surface area (Å²) < 4.78 is 1.55. The van der Waals surface area contributed by atoms with Crippen LogP contribution in [0.3, 0.4) is 0 Å². The molecule has 0 bridgehead atoms. The lowest BCUT2D eigenvalue weighted by atomic mass is 10.2. The van der Waals surface area contributed by atoms with Gasteiger partial charge in [0.25, 0.3) is 5.91 Å². The fourth-order valence-corrected chi connectivity index (χ4v) is 4.20. The predicted molar refractivity (Wildman–Crippen MR) is 110 cm³/mol. The van der Waals surface area contributed by atoms with E-state index in [1.807, 2.05) is 22.9 Å². The third-order valence-corrected chi connectivity index (χ3v) is 5.81. The third-order valence-electron chi connectivity index (χ3n) is 3.88. The van der Waals surface area contributed by atoms with Gasteiger partial charge in [-0.1, -0.05) is 6.07 Å². The predicted octanol–water partition coefficient (Wildman–Crippen LogP) is 3.34. The molecule has 1 aromatic carbocycles. The second-order valence-corrected chi connectivity index (χ2v) is 7.71. The average molecular weight is 409 g/mol. The van der Waals surface area contributed by atoms with Crippen LogP contribution < -0.4 is 11.1 Å². The van der Waals surface area contributed by atoms with E-state index in [4.69, 9.17) is 5.73 Å². The van der Waals surface area contributed by atoms with E-state index < -0.39 is 5.91 Å². The van der Waals surface area contributed by atoms with Gasteiger partial charge in [-0.3, -0.25) is 9.59 Å². The zero-order valence-corrected chi connectivity index (χ0v) is 16.2. The van der Waals surface area contributed by atoms with Crippen molar-refractivity contribution in [3.05, 3.63) is 70.8 Å². The average Bonchev–Trinajstić information content (AvgIpc) is 3.43. The summed E-state index contributed by atoms with van der Waals surface area (Å²) in [7, 11) is 0. The number of thiazole rings is 1. The summed E-state index contributed by atoms with van der Waals surface area (Å²) in [4.78, 5) is 29.1. The van der Waals surface area contributed by atoms with Crippen molar-refractivity contribution in [1.82, 2.24) is 14.8 Å². The fourth-order valence-electron chi connectivity index (χ4n) is 2.57. The number of thiophene rings is 1. The van der Waals surface area contributed by atoms with E-state index in [0.717, 1.165) is 21.3 Å². The first-order valence-corrected chi connectivity index (χ1v) is 10.1. The van der Waals surface area contributed by atoms with E-state index in [2.05, 4.69) is 15.4 Å². The molecule has 3 aromatic heterocycles. The molecule has 2 amide bonds. The molecule has 3 N–H and O–H groups in total. The number of carbonyl (C=O) groups is 2. The molecule has 0 unspecified atom stereocenters. The summed E-state index contributed by atoms with van der Waals surface area (Å²) in [6.07, 6.45) is 1.87. The van der Waals surface area contributed by atoms with Crippen LogP contribution in [0.1, 0.15) is 16.2 Å². The van der Waals surface area contributed by atoms with Crippen molar-refractivity contribution in [2.75, 3.05) is 5.32 Å². The van der Waals surface area contributed by atoms with Gasteiger partial charge in [-0.25, -0.2) is 9.67 Å². The number of benzene rings is 1. The van der Waals surface area contributed by atoms with E-state index in [-0.39, 0.29) is 18.0 Å². The van der Waals surface area contributed by atoms with Gasteiger partial charge in [0.2, 0.25) is 5.91 Å². The number of aromatic nitrogens is 3. The lowest BCUT2D eigenvalue weighted by Crippen LogP contribution is -2.14. The molecule has 0 aliphatic rings. The number of primary amides is 1. The van der Waals surface area contributed by atoms with Crippen molar-refractivity contribution in [3.63, 3.8) is 0 Å². The second-order valence-electron chi connectivity index (χ2n) is 5.90. The van der Waals surface area contributed by atoms with Crippen molar-refractivity contribution in [3.8, 4) is 15.6 Å². The maximum absolute atomic E-state index is 12.3. The van der Waals surface area contributed by atoms with E-state index in [1.54, 1.807) is 52.5 Å². The minimum absolute atomic E-state index is 0.133. The standard InChI is InChI=1S/C19H15N5O2S2/c20-18(26)15-7-8-24(23-15)14-5-3-12(4-6-14)21-17(25)10-13-11-28-19(22-13)16-2-1-9-27-16/h1-9,11H,10H2,(H2,20,26)(H,21,25). The molecule has 0 radical (unpaired) electrons. The summed E-state index contributed by atoms with van der Waals surface area (Å²) in [5.41, 5.74) is 7.58. The van der Waals surface area contributed by atoms with Crippen LogP contribution in [-0.2, 0) is 11.2 Å². The number of anilines is 1. The van der Waals surface area contributed by atoms with Crippen molar-refractivity contribution in [1.29, 1.82) is 0 Å². The van der Waals surface area contributed by atoms with Crippen LogP contribution in [0.2, 0.25) is 0 Å². The van der Waals surface area contributed by atoms with Crippen LogP contribution in [0, 0.1) is 0 Å². The maximum atomic E-state index is 12.3. The summed E-state index contributed by atoms with van der Waals surface area (Å²) in [5, 5.41) is 11.8. The molecule has 7 nitrogen and oxygen atoms in total. The lowest BCUT2D eigenvalue weighted by Gasteiger charge is -2.06. The van der Waals surface area contributed by atoms with Crippen molar-refractivity contribution in [2.45, 2.75) is 6.42 Å². The first-order valence-electron chi connectivity index (χ1n) is 8.32. The number of hydrogen-bond donors (Lipinski definition) is 2. The quantitative estimate of drug-likeness (QED) is 0.510. The van der Waals surface area contributed by atoms with E-state index in [9.17, 15) is 9.59 Å². The molecular formula is C19H15N5O2S2. The van der Waals surface area contributed by atoms with Crippen LogP contribution in [-0.4, -0.2) is 26.6 Å². The number of hydrogen-bond acceptors (Lipinski definition) is 6. The number of nitrogens with one attached hydrogen (secondary N) is 1. The van der Waals surface area contributed by atoms with Gasteiger partial charge < -0.3 is 11.1 Å². The number of carbonyl (C=O) groups excluding carboxylic acids is 2. The third kappa shape index (κ3) is 4.00. The molecule has 0 aliphatic carbocycles. The number of amides is 2. The Morgan fingerprint density at radius 3 is 2.61 bits per heavy atom. The highest BCUT2D eigenvalue weighted by Gasteiger charge is 2.10. The van der Waals surface area contributed by atoms with Gasteiger partial charge in [-0.05, 0) is 41.8 Å². The molecule has 4 rings (SSSR count). The molecule has 0 saturated carbocycles. The zero-order valence-electron chi connectivity index (χ0n) is 14.5. The van der Waals surface area contributed by atoms with E-state index >= 15 is 0 Å². The first-order chi connectivity index (χ1) is 13.6. The van der Waals surface area contributed by atoms with Crippen LogP contribution in [0.4, 0.5) is 5.69 Å². The highest BCUT2D eigenvalue weighted by Crippen LogP contribution is 2.28. The molecule has 4 aromatic rings. The van der Waals surface area contributed by atoms with Crippen molar-refractivity contribution in [2.24, 2.45) is 5.73 Å². The zero-order chi connectivity index (χ0) is 19.5. The smallest absolute Gasteiger partial charge is 0.269 e. The summed E-state index contributed by atoms with van der Waals surface area (Å²) >= 11 is 3.16. The Kier molecular flexibility index (Phi) is 5.00. The lowest BCUT2D eigenvalue weighted by molar-refractivity contribution is -0.115. The Labute approximate surface area is 168 Å². The van der Waals surface area contributed by atoms with Crippen LogP contribution in [0.25, 0.3) is 15.6 Å². The molecule has 9 heteroatoms. The molecule has 28 heavy (non-hydrogen) atoms. The molecule has 140 valence electrons. The van der Waals surface area contributed by atoms with Gasteiger partial charge in [-0.2, -0.15) is 5.10 Å². The second kappa shape index (κ2) is 7.75. The molecule has 0 spiro atoms. The van der Waals surface area contributed by atoms with Crippen LogP contribution in [0.5, 0.6) is 0 Å². The Balaban J connectivity index is 1.38. The molecule has 0 atom stereocenters. The monoisotopic (exact) mass is 409 g/mol. The SMILES string of the molecule is NC(=O)c1ccn(-c2ccc(NC(=O)Cc3csc(-c4cccs4)n3)cc2)n1. The number of nitrogens with zero attached hydrogens (tertiary/aromatic N) is 3. The molecular weight excluding hydrogens is 394 g/mol. The molecule has 0 fully saturated rings. The minimum Gasteiger partial charge on any atom is -0.364 e. The van der Waals surface area contributed by atoms with E-state index in [0.29, 0.717) is 5.69 Å². The normalized spacial score (nSPS) is 10.7. The molecule has 3 heterocycles.